The molecule has 0 spiro atoms. The largest absolute Gasteiger partial charge is 0.444 e. The first-order chi connectivity index (χ1) is 10.1. The minimum Gasteiger partial charge on any atom is -0.444 e. The van der Waals surface area contributed by atoms with Gasteiger partial charge >= 0.3 is 16.3 Å². The maximum Gasteiger partial charge on any atom is 0.407 e. The summed E-state index contributed by atoms with van der Waals surface area (Å²) in [5.74, 6) is 0. The molecule has 1 N–H and O–H groups in total. The van der Waals surface area contributed by atoms with E-state index in [1.165, 1.54) is 24.3 Å². The van der Waals surface area contributed by atoms with E-state index in [-0.39, 0.29) is 10.5 Å². The number of carbonyl (C=O) groups excluding carboxylic acids is 1. The van der Waals surface area contributed by atoms with Gasteiger partial charge in [-0.15, -0.1) is 3.89 Å². The summed E-state index contributed by atoms with van der Waals surface area (Å²) in [4.78, 5) is 11.0. The van der Waals surface area contributed by atoms with E-state index in [1.807, 2.05) is 0 Å². The standard InChI is InChI=1S/C15H20FNO4S/c1-15(2,3)21-14(18)17-11-7-6-9-12-8-4-5-10-13(12)22(16,19)20/h4-6,8-10H,7,11H2,1-3H3,(H,17,18). The van der Waals surface area contributed by atoms with Gasteiger partial charge in [0.25, 0.3) is 0 Å². The summed E-state index contributed by atoms with van der Waals surface area (Å²) < 4.78 is 40.1. The van der Waals surface area contributed by atoms with Gasteiger partial charge in [-0.3, -0.25) is 0 Å². The van der Waals surface area contributed by atoms with Gasteiger partial charge in [-0.25, -0.2) is 4.79 Å². The van der Waals surface area contributed by atoms with Gasteiger partial charge in [0.05, 0.1) is 0 Å². The minimum atomic E-state index is -4.75. The van der Waals surface area contributed by atoms with Crippen molar-refractivity contribution < 1.29 is 21.8 Å². The average molecular weight is 329 g/mol. The lowest BCUT2D eigenvalue weighted by Crippen LogP contribution is -2.32. The Balaban J connectivity index is 2.53. The molecule has 0 fully saturated rings. The summed E-state index contributed by atoms with van der Waals surface area (Å²) in [6, 6.07) is 5.78. The third-order valence-corrected chi connectivity index (χ3v) is 3.36. The fourth-order valence-corrected chi connectivity index (χ4v) is 2.28. The van der Waals surface area contributed by atoms with Crippen LogP contribution in [0.1, 0.15) is 32.8 Å². The third kappa shape index (κ3) is 6.71. The number of alkyl carbamates (subject to hydrolysis) is 1. The zero-order valence-corrected chi connectivity index (χ0v) is 13.6. The van der Waals surface area contributed by atoms with Crippen LogP contribution in [0, 0.1) is 0 Å². The molecule has 0 aromatic heterocycles. The topological polar surface area (TPSA) is 72.5 Å². The van der Waals surface area contributed by atoms with Crippen LogP contribution in [0.4, 0.5) is 8.68 Å². The molecule has 0 aliphatic heterocycles. The molecule has 1 aromatic rings. The highest BCUT2D eigenvalue weighted by Crippen LogP contribution is 2.19. The second kappa shape index (κ2) is 7.40. The van der Waals surface area contributed by atoms with Crippen LogP contribution in [0.3, 0.4) is 0 Å². The van der Waals surface area contributed by atoms with Gasteiger partial charge in [-0.1, -0.05) is 30.4 Å². The van der Waals surface area contributed by atoms with E-state index < -0.39 is 21.9 Å². The van der Waals surface area contributed by atoms with E-state index in [9.17, 15) is 17.1 Å². The first-order valence-corrected chi connectivity index (χ1v) is 8.15. The lowest BCUT2D eigenvalue weighted by Gasteiger charge is -2.19. The van der Waals surface area contributed by atoms with E-state index in [0.29, 0.717) is 13.0 Å². The van der Waals surface area contributed by atoms with Crippen molar-refractivity contribution in [3.05, 3.63) is 35.9 Å². The monoisotopic (exact) mass is 329 g/mol. The Labute approximate surface area is 130 Å². The molecule has 122 valence electrons. The van der Waals surface area contributed by atoms with E-state index in [1.54, 1.807) is 32.9 Å². The zero-order valence-electron chi connectivity index (χ0n) is 12.8. The van der Waals surface area contributed by atoms with Crippen molar-refractivity contribution in [2.75, 3.05) is 6.54 Å². The Bertz CT molecular complexity index is 648. The van der Waals surface area contributed by atoms with Crippen LogP contribution < -0.4 is 5.32 Å². The van der Waals surface area contributed by atoms with Crippen molar-refractivity contribution in [1.29, 1.82) is 0 Å². The van der Waals surface area contributed by atoms with Crippen molar-refractivity contribution in [3.63, 3.8) is 0 Å². The number of amides is 1. The second-order valence-electron chi connectivity index (χ2n) is 5.60. The lowest BCUT2D eigenvalue weighted by molar-refractivity contribution is 0.0529. The molecule has 0 bridgehead atoms. The molecule has 0 radical (unpaired) electrons. The molecule has 0 aliphatic rings. The SMILES string of the molecule is CC(C)(C)OC(=O)NCCC=Cc1ccccc1S(=O)(=O)F. The normalized spacial score (nSPS) is 12.4. The van der Waals surface area contributed by atoms with E-state index in [0.717, 1.165) is 0 Å². The van der Waals surface area contributed by atoms with Crippen molar-refractivity contribution >= 4 is 22.4 Å². The zero-order chi connectivity index (χ0) is 16.8. The number of halogens is 1. The molecule has 5 nitrogen and oxygen atoms in total. The van der Waals surface area contributed by atoms with Gasteiger partial charge in [0, 0.05) is 6.54 Å². The molecule has 0 unspecified atom stereocenters. The van der Waals surface area contributed by atoms with E-state index in [4.69, 9.17) is 4.74 Å². The van der Waals surface area contributed by atoms with Crippen LogP contribution in [0.5, 0.6) is 0 Å². The average Bonchev–Trinajstić information content (AvgIpc) is 2.35. The fraction of sp³-hybridized carbons (Fsp3) is 0.400. The molecular formula is C15H20FNO4S. The smallest absolute Gasteiger partial charge is 0.407 e. The first kappa shape index (κ1) is 18.2. The molecule has 1 amide bonds. The molecule has 0 saturated carbocycles. The van der Waals surface area contributed by atoms with Gasteiger partial charge in [0.2, 0.25) is 0 Å². The Hall–Kier alpha value is -1.89. The van der Waals surface area contributed by atoms with Crippen molar-refractivity contribution in [2.45, 2.75) is 37.7 Å². The molecular weight excluding hydrogens is 309 g/mol. The van der Waals surface area contributed by atoms with Gasteiger partial charge in [0.1, 0.15) is 10.5 Å². The Morgan fingerprint density at radius 1 is 1.32 bits per heavy atom. The molecule has 0 heterocycles. The van der Waals surface area contributed by atoms with Gasteiger partial charge in [-0.2, -0.15) is 8.42 Å². The van der Waals surface area contributed by atoms with Crippen molar-refractivity contribution in [1.82, 2.24) is 5.32 Å². The molecule has 0 saturated heterocycles. The highest BCUT2D eigenvalue weighted by Gasteiger charge is 2.16. The number of carbonyl (C=O) groups is 1. The van der Waals surface area contributed by atoms with E-state index in [2.05, 4.69) is 5.32 Å². The number of hydrogen-bond donors (Lipinski definition) is 1. The van der Waals surface area contributed by atoms with Crippen LogP contribution >= 0.6 is 0 Å². The highest BCUT2D eigenvalue weighted by atomic mass is 32.3. The molecule has 1 rings (SSSR count). The Morgan fingerprint density at radius 3 is 2.55 bits per heavy atom. The quantitative estimate of drug-likeness (QED) is 0.665. The van der Waals surface area contributed by atoms with Crippen LogP contribution in [-0.4, -0.2) is 26.7 Å². The fourth-order valence-electron chi connectivity index (χ4n) is 1.62. The van der Waals surface area contributed by atoms with Crippen molar-refractivity contribution in [3.8, 4) is 0 Å². The number of benzene rings is 1. The van der Waals surface area contributed by atoms with Crippen LogP contribution in [0.2, 0.25) is 0 Å². The summed E-state index contributed by atoms with van der Waals surface area (Å²) in [5, 5.41) is 2.57. The number of nitrogens with one attached hydrogen (secondary N) is 1. The first-order valence-electron chi connectivity index (χ1n) is 6.77. The van der Waals surface area contributed by atoms with E-state index >= 15 is 0 Å². The Morgan fingerprint density at radius 2 is 1.95 bits per heavy atom. The minimum absolute atomic E-state index is 0.266. The number of rotatable bonds is 5. The maximum atomic E-state index is 13.1. The maximum absolute atomic E-state index is 13.1. The third-order valence-electron chi connectivity index (χ3n) is 2.46. The van der Waals surface area contributed by atoms with Gasteiger partial charge < -0.3 is 10.1 Å². The van der Waals surface area contributed by atoms with Gasteiger partial charge in [-0.05, 0) is 38.8 Å². The summed E-state index contributed by atoms with van der Waals surface area (Å²) in [5.41, 5.74) is -0.295. The number of hydrogen-bond acceptors (Lipinski definition) is 4. The summed E-state index contributed by atoms with van der Waals surface area (Å²) in [7, 11) is -4.75. The summed E-state index contributed by atoms with van der Waals surface area (Å²) >= 11 is 0. The molecule has 0 atom stereocenters. The van der Waals surface area contributed by atoms with Crippen molar-refractivity contribution in [2.24, 2.45) is 0 Å². The summed E-state index contributed by atoms with van der Waals surface area (Å²) in [6.45, 7) is 5.62. The molecule has 1 aromatic carbocycles. The number of ether oxygens (including phenoxy) is 1. The Kier molecular flexibility index (Phi) is 6.11. The molecule has 0 aliphatic carbocycles. The van der Waals surface area contributed by atoms with Crippen LogP contribution in [0.15, 0.2) is 35.2 Å². The molecule has 22 heavy (non-hydrogen) atoms. The second-order valence-corrected chi connectivity index (χ2v) is 6.91. The van der Waals surface area contributed by atoms with Crippen LogP contribution in [-0.2, 0) is 15.0 Å². The predicted molar refractivity (Wildman–Crippen MR) is 82.6 cm³/mol. The molecule has 7 heteroatoms. The van der Waals surface area contributed by atoms with Gasteiger partial charge in [0.15, 0.2) is 0 Å². The summed E-state index contributed by atoms with van der Waals surface area (Å²) in [6.07, 6.45) is 3.09. The lowest BCUT2D eigenvalue weighted by atomic mass is 10.2. The highest BCUT2D eigenvalue weighted by molar-refractivity contribution is 7.86. The predicted octanol–water partition coefficient (Wildman–Crippen LogP) is 3.27. The van der Waals surface area contributed by atoms with Crippen LogP contribution in [0.25, 0.3) is 6.08 Å².